The summed E-state index contributed by atoms with van der Waals surface area (Å²) in [6.07, 6.45) is 0.155. The fourth-order valence-electron chi connectivity index (χ4n) is 2.77. The highest BCUT2D eigenvalue weighted by Gasteiger charge is 2.35. The van der Waals surface area contributed by atoms with Gasteiger partial charge in [-0.3, -0.25) is 9.59 Å². The van der Waals surface area contributed by atoms with E-state index in [1.54, 1.807) is 47.4 Å². The van der Waals surface area contributed by atoms with Crippen molar-refractivity contribution in [2.75, 3.05) is 23.9 Å². The molecular weight excluding hydrogens is 363 g/mol. The SMILES string of the molecule is COc1ccc(NC(=O)C2CC(=O)N(c3cccc(Cl)c3)C2)cc1Cl. The lowest BCUT2D eigenvalue weighted by Crippen LogP contribution is -2.28. The second-order valence-electron chi connectivity index (χ2n) is 5.72. The first kappa shape index (κ1) is 17.6. The summed E-state index contributed by atoms with van der Waals surface area (Å²) in [6.45, 7) is 0.314. The number of halogens is 2. The molecule has 0 spiro atoms. The molecule has 1 fully saturated rings. The topological polar surface area (TPSA) is 58.6 Å². The van der Waals surface area contributed by atoms with Crippen LogP contribution in [0.4, 0.5) is 11.4 Å². The van der Waals surface area contributed by atoms with Crippen LogP contribution in [0, 0.1) is 5.92 Å². The molecule has 1 N–H and O–H groups in total. The quantitative estimate of drug-likeness (QED) is 0.874. The average Bonchev–Trinajstić information content (AvgIpc) is 2.97. The van der Waals surface area contributed by atoms with Crippen LogP contribution in [0.5, 0.6) is 5.75 Å². The number of benzene rings is 2. The average molecular weight is 379 g/mol. The van der Waals surface area contributed by atoms with Gasteiger partial charge in [-0.2, -0.15) is 0 Å². The van der Waals surface area contributed by atoms with Crippen LogP contribution in [0.1, 0.15) is 6.42 Å². The molecule has 25 heavy (non-hydrogen) atoms. The summed E-state index contributed by atoms with van der Waals surface area (Å²) in [4.78, 5) is 26.3. The Hall–Kier alpha value is -2.24. The van der Waals surface area contributed by atoms with E-state index >= 15 is 0 Å². The van der Waals surface area contributed by atoms with Gasteiger partial charge in [-0.15, -0.1) is 0 Å². The smallest absolute Gasteiger partial charge is 0.229 e. The molecule has 2 aromatic rings. The lowest BCUT2D eigenvalue weighted by atomic mass is 10.1. The summed E-state index contributed by atoms with van der Waals surface area (Å²) in [5, 5.41) is 3.75. The Morgan fingerprint density at radius 1 is 1.24 bits per heavy atom. The molecule has 130 valence electrons. The van der Waals surface area contributed by atoms with Crippen molar-refractivity contribution in [3.63, 3.8) is 0 Å². The molecule has 1 heterocycles. The van der Waals surface area contributed by atoms with Crippen LogP contribution in [0.25, 0.3) is 0 Å². The molecule has 0 saturated carbocycles. The van der Waals surface area contributed by atoms with E-state index in [2.05, 4.69) is 5.32 Å². The highest BCUT2D eigenvalue weighted by atomic mass is 35.5. The highest BCUT2D eigenvalue weighted by molar-refractivity contribution is 6.32. The van der Waals surface area contributed by atoms with Crippen LogP contribution in [0.15, 0.2) is 42.5 Å². The van der Waals surface area contributed by atoms with Crippen LogP contribution >= 0.6 is 23.2 Å². The van der Waals surface area contributed by atoms with Gasteiger partial charge in [0.1, 0.15) is 5.75 Å². The summed E-state index contributed by atoms with van der Waals surface area (Å²) in [7, 11) is 1.52. The van der Waals surface area contributed by atoms with E-state index in [0.29, 0.717) is 33.7 Å². The van der Waals surface area contributed by atoms with Gasteiger partial charge < -0.3 is 15.0 Å². The first-order valence-electron chi connectivity index (χ1n) is 7.68. The third kappa shape index (κ3) is 3.89. The van der Waals surface area contributed by atoms with Gasteiger partial charge >= 0.3 is 0 Å². The Labute approximate surface area is 155 Å². The molecule has 5 nitrogen and oxygen atoms in total. The Balaban J connectivity index is 1.69. The third-order valence-electron chi connectivity index (χ3n) is 4.04. The van der Waals surface area contributed by atoms with Crippen molar-refractivity contribution in [2.45, 2.75) is 6.42 Å². The summed E-state index contributed by atoms with van der Waals surface area (Å²) >= 11 is 12.0. The van der Waals surface area contributed by atoms with Gasteiger partial charge in [0.25, 0.3) is 0 Å². The number of rotatable bonds is 4. The lowest BCUT2D eigenvalue weighted by molar-refractivity contribution is -0.122. The van der Waals surface area contributed by atoms with Crippen molar-refractivity contribution in [2.24, 2.45) is 5.92 Å². The molecule has 3 rings (SSSR count). The van der Waals surface area contributed by atoms with Crippen molar-refractivity contribution in [3.05, 3.63) is 52.5 Å². The molecule has 7 heteroatoms. The number of nitrogens with zero attached hydrogens (tertiary/aromatic N) is 1. The minimum Gasteiger partial charge on any atom is -0.495 e. The maximum Gasteiger partial charge on any atom is 0.229 e. The number of carbonyl (C=O) groups is 2. The first-order valence-corrected chi connectivity index (χ1v) is 8.44. The summed E-state index contributed by atoms with van der Waals surface area (Å²) < 4.78 is 5.08. The molecule has 2 amide bonds. The van der Waals surface area contributed by atoms with E-state index in [4.69, 9.17) is 27.9 Å². The highest BCUT2D eigenvalue weighted by Crippen LogP contribution is 2.30. The Bertz CT molecular complexity index is 826. The van der Waals surface area contributed by atoms with Crippen LogP contribution in [-0.4, -0.2) is 25.5 Å². The van der Waals surface area contributed by atoms with Crippen LogP contribution in [-0.2, 0) is 9.59 Å². The van der Waals surface area contributed by atoms with Crippen molar-refractivity contribution < 1.29 is 14.3 Å². The molecule has 1 saturated heterocycles. The minimum atomic E-state index is -0.438. The van der Waals surface area contributed by atoms with Crippen molar-refractivity contribution in [1.82, 2.24) is 0 Å². The Morgan fingerprint density at radius 2 is 2.04 bits per heavy atom. The zero-order valence-electron chi connectivity index (χ0n) is 13.5. The van der Waals surface area contributed by atoms with Gasteiger partial charge in [-0.25, -0.2) is 0 Å². The minimum absolute atomic E-state index is 0.102. The first-order chi connectivity index (χ1) is 12.0. The number of hydrogen-bond donors (Lipinski definition) is 1. The Morgan fingerprint density at radius 3 is 2.72 bits per heavy atom. The zero-order chi connectivity index (χ0) is 18.0. The normalized spacial score (nSPS) is 16.8. The monoisotopic (exact) mass is 378 g/mol. The van der Waals surface area contributed by atoms with Gasteiger partial charge in [0.2, 0.25) is 11.8 Å². The van der Waals surface area contributed by atoms with E-state index < -0.39 is 5.92 Å². The van der Waals surface area contributed by atoms with E-state index in [0.717, 1.165) is 0 Å². The van der Waals surface area contributed by atoms with Crippen molar-refractivity contribution >= 4 is 46.4 Å². The standard InChI is InChI=1S/C18H16Cl2N2O3/c1-25-16-6-5-13(9-15(16)20)21-18(24)11-7-17(23)22(10-11)14-4-2-3-12(19)8-14/h2-6,8-9,11H,7,10H2,1H3,(H,21,24). The molecular formula is C18H16Cl2N2O3. The second-order valence-corrected chi connectivity index (χ2v) is 6.57. The molecule has 2 aromatic carbocycles. The van der Waals surface area contributed by atoms with Gasteiger partial charge in [0.05, 0.1) is 18.1 Å². The van der Waals surface area contributed by atoms with Gasteiger partial charge in [-0.05, 0) is 36.4 Å². The van der Waals surface area contributed by atoms with E-state index in [1.165, 1.54) is 7.11 Å². The number of anilines is 2. The maximum absolute atomic E-state index is 12.5. The molecule has 1 aliphatic rings. The van der Waals surface area contributed by atoms with E-state index in [9.17, 15) is 9.59 Å². The largest absolute Gasteiger partial charge is 0.495 e. The lowest BCUT2D eigenvalue weighted by Gasteiger charge is -2.17. The molecule has 0 bridgehead atoms. The summed E-state index contributed by atoms with van der Waals surface area (Å²) in [5.74, 6) is -0.232. The third-order valence-corrected chi connectivity index (χ3v) is 4.57. The van der Waals surface area contributed by atoms with Crippen molar-refractivity contribution in [3.8, 4) is 5.75 Å². The molecule has 1 atom stereocenters. The number of carbonyl (C=O) groups excluding carboxylic acids is 2. The molecule has 1 unspecified atom stereocenters. The fourth-order valence-corrected chi connectivity index (χ4v) is 3.21. The number of amides is 2. The predicted octanol–water partition coefficient (Wildman–Crippen LogP) is 3.99. The molecule has 0 aromatic heterocycles. The van der Waals surface area contributed by atoms with E-state index in [1.807, 2.05) is 0 Å². The summed E-state index contributed by atoms with van der Waals surface area (Å²) in [6, 6.07) is 12.0. The molecule has 1 aliphatic heterocycles. The number of ether oxygens (including phenoxy) is 1. The van der Waals surface area contributed by atoms with Crippen LogP contribution in [0.2, 0.25) is 10.0 Å². The number of methoxy groups -OCH3 is 1. The van der Waals surface area contributed by atoms with Crippen LogP contribution in [0.3, 0.4) is 0 Å². The van der Waals surface area contributed by atoms with Gasteiger partial charge in [0, 0.05) is 29.4 Å². The van der Waals surface area contributed by atoms with Crippen LogP contribution < -0.4 is 15.0 Å². The maximum atomic E-state index is 12.5. The number of hydrogen-bond acceptors (Lipinski definition) is 3. The van der Waals surface area contributed by atoms with Crippen molar-refractivity contribution in [1.29, 1.82) is 0 Å². The fraction of sp³-hybridized carbons (Fsp3) is 0.222. The molecule has 0 aliphatic carbocycles. The molecule has 0 radical (unpaired) electrons. The number of nitrogens with one attached hydrogen (secondary N) is 1. The van der Waals surface area contributed by atoms with Gasteiger partial charge in [-0.1, -0.05) is 29.3 Å². The second kappa shape index (κ2) is 7.33. The zero-order valence-corrected chi connectivity index (χ0v) is 15.0. The van der Waals surface area contributed by atoms with E-state index in [-0.39, 0.29) is 18.2 Å². The predicted molar refractivity (Wildman–Crippen MR) is 98.5 cm³/mol. The van der Waals surface area contributed by atoms with Gasteiger partial charge in [0.15, 0.2) is 0 Å². The Kier molecular flexibility index (Phi) is 5.16. The summed E-state index contributed by atoms with van der Waals surface area (Å²) in [5.41, 5.74) is 1.25.